The summed E-state index contributed by atoms with van der Waals surface area (Å²) in [6.07, 6.45) is 1.71. The largest absolute Gasteiger partial charge is 0.345 e. The Kier molecular flexibility index (Phi) is 6.93. The van der Waals surface area contributed by atoms with Gasteiger partial charge >= 0.3 is 0 Å². The Morgan fingerprint density at radius 3 is 2.27 bits per heavy atom. The first-order valence-electron chi connectivity index (χ1n) is 10.7. The molecule has 0 aliphatic heterocycles. The molecule has 0 fully saturated rings. The lowest BCUT2D eigenvalue weighted by atomic mass is 10.0. The van der Waals surface area contributed by atoms with E-state index in [1.165, 1.54) is 4.68 Å². The number of benzene rings is 2. The van der Waals surface area contributed by atoms with Crippen molar-refractivity contribution in [1.29, 1.82) is 0 Å². The molecular weight excluding hydrogens is 374 g/mol. The Balaban J connectivity index is 2.03. The van der Waals surface area contributed by atoms with Crippen LogP contribution in [0.2, 0.25) is 0 Å². The lowest BCUT2D eigenvalue weighted by molar-refractivity contribution is 0.0936. The number of amides is 1. The lowest BCUT2D eigenvalue weighted by Crippen LogP contribution is -2.36. The van der Waals surface area contributed by atoms with E-state index in [1.54, 1.807) is 6.07 Å². The molecule has 0 bridgehead atoms. The van der Waals surface area contributed by atoms with Crippen LogP contribution in [0.3, 0.4) is 0 Å². The molecule has 2 aromatic carbocycles. The molecule has 0 radical (unpaired) electrons. The third kappa shape index (κ3) is 4.56. The molecule has 1 atom stereocenters. The van der Waals surface area contributed by atoms with Gasteiger partial charge in [-0.15, -0.1) is 0 Å². The number of hydrogen-bond donors (Lipinski definition) is 2. The highest BCUT2D eigenvalue weighted by Crippen LogP contribution is 2.22. The highest BCUT2D eigenvalue weighted by atomic mass is 16.2. The molecule has 5 nitrogen and oxygen atoms in total. The fourth-order valence-electron chi connectivity index (χ4n) is 3.75. The predicted molar refractivity (Wildman–Crippen MR) is 124 cm³/mol. The van der Waals surface area contributed by atoms with Crippen molar-refractivity contribution in [2.75, 3.05) is 12.0 Å². The van der Waals surface area contributed by atoms with Gasteiger partial charge in [0, 0.05) is 17.3 Å². The molecule has 5 heteroatoms. The van der Waals surface area contributed by atoms with Crippen molar-refractivity contribution >= 4 is 16.7 Å². The van der Waals surface area contributed by atoms with Crippen LogP contribution in [0.5, 0.6) is 0 Å². The summed E-state index contributed by atoms with van der Waals surface area (Å²) in [4.78, 5) is 26.5. The third-order valence-corrected chi connectivity index (χ3v) is 5.46. The molecule has 0 aliphatic carbocycles. The summed E-state index contributed by atoms with van der Waals surface area (Å²) in [7, 11) is 0. The van der Waals surface area contributed by atoms with Gasteiger partial charge in [0.1, 0.15) is 0 Å². The number of nitrogens with zero attached hydrogens (tertiary/aromatic N) is 1. The summed E-state index contributed by atoms with van der Waals surface area (Å²) in [5.41, 5.74) is 5.33. The van der Waals surface area contributed by atoms with E-state index in [0.717, 1.165) is 18.4 Å². The van der Waals surface area contributed by atoms with Gasteiger partial charge in [0.25, 0.3) is 11.5 Å². The molecule has 158 valence electrons. The molecule has 0 spiro atoms. The third-order valence-electron chi connectivity index (χ3n) is 5.46. The van der Waals surface area contributed by atoms with Crippen LogP contribution in [0.25, 0.3) is 10.8 Å². The van der Waals surface area contributed by atoms with Crippen LogP contribution in [-0.2, 0) is 0 Å². The second-order valence-corrected chi connectivity index (χ2v) is 8.08. The Morgan fingerprint density at radius 1 is 1.00 bits per heavy atom. The SMILES string of the molecule is CCC(NC(=O)c1c(C)n(NCCC(C)C)c(=O)c2ccccc12)c1ccccc1. The van der Waals surface area contributed by atoms with E-state index < -0.39 is 0 Å². The second-order valence-electron chi connectivity index (χ2n) is 8.08. The van der Waals surface area contributed by atoms with Gasteiger partial charge in [-0.2, -0.15) is 0 Å². The molecule has 0 saturated heterocycles. The Hall–Kier alpha value is -3.08. The maximum atomic E-state index is 13.4. The Bertz CT molecular complexity index is 1070. The van der Waals surface area contributed by atoms with E-state index >= 15 is 0 Å². The normalized spacial score (nSPS) is 12.2. The molecule has 30 heavy (non-hydrogen) atoms. The number of carbonyl (C=O) groups excluding carboxylic acids is 1. The van der Waals surface area contributed by atoms with E-state index in [9.17, 15) is 9.59 Å². The summed E-state index contributed by atoms with van der Waals surface area (Å²) in [5, 5.41) is 4.39. The number of pyridine rings is 1. The van der Waals surface area contributed by atoms with Crippen molar-refractivity contribution in [3.05, 3.63) is 81.8 Å². The van der Waals surface area contributed by atoms with Crippen LogP contribution in [0.15, 0.2) is 59.4 Å². The number of carbonyl (C=O) groups is 1. The maximum Gasteiger partial charge on any atom is 0.276 e. The molecular formula is C25H31N3O2. The Morgan fingerprint density at radius 2 is 1.63 bits per heavy atom. The van der Waals surface area contributed by atoms with Crippen molar-refractivity contribution < 1.29 is 4.79 Å². The van der Waals surface area contributed by atoms with Crippen molar-refractivity contribution in [3.8, 4) is 0 Å². The molecule has 0 aliphatic rings. The average molecular weight is 406 g/mol. The van der Waals surface area contributed by atoms with E-state index in [2.05, 4.69) is 31.5 Å². The second kappa shape index (κ2) is 9.61. The standard InChI is InChI=1S/C25H31N3O2/c1-5-22(19-11-7-6-8-12-19)27-24(29)23-18(4)28(26-16-15-17(2)3)25(30)21-14-10-9-13-20(21)23/h6-14,17,22,26H,5,15-16H2,1-4H3,(H,27,29). The molecule has 1 heterocycles. The fourth-order valence-corrected chi connectivity index (χ4v) is 3.75. The smallest absolute Gasteiger partial charge is 0.276 e. The topological polar surface area (TPSA) is 63.1 Å². The minimum absolute atomic E-state index is 0.0915. The quantitative estimate of drug-likeness (QED) is 0.567. The molecule has 2 N–H and O–H groups in total. The van der Waals surface area contributed by atoms with Crippen LogP contribution in [-0.4, -0.2) is 17.1 Å². The van der Waals surface area contributed by atoms with E-state index in [4.69, 9.17) is 0 Å². The Labute approximate surface area is 178 Å². The molecule has 3 aromatic rings. The number of nitrogens with one attached hydrogen (secondary N) is 2. The summed E-state index contributed by atoms with van der Waals surface area (Å²) in [5.74, 6) is 0.353. The molecule has 1 aromatic heterocycles. The van der Waals surface area contributed by atoms with Gasteiger partial charge in [-0.05, 0) is 37.3 Å². The van der Waals surface area contributed by atoms with Gasteiger partial charge in [0.2, 0.25) is 0 Å². The highest BCUT2D eigenvalue weighted by Gasteiger charge is 2.21. The first kappa shape index (κ1) is 21.6. The average Bonchev–Trinajstić information content (AvgIpc) is 2.75. The monoisotopic (exact) mass is 405 g/mol. The zero-order valence-electron chi connectivity index (χ0n) is 18.2. The van der Waals surface area contributed by atoms with Crippen LogP contribution in [0, 0.1) is 12.8 Å². The van der Waals surface area contributed by atoms with Crippen LogP contribution < -0.4 is 16.3 Å². The van der Waals surface area contributed by atoms with Crippen LogP contribution >= 0.6 is 0 Å². The van der Waals surface area contributed by atoms with Gasteiger partial charge < -0.3 is 10.7 Å². The number of hydrogen-bond acceptors (Lipinski definition) is 3. The van der Waals surface area contributed by atoms with Crippen molar-refractivity contribution in [3.63, 3.8) is 0 Å². The maximum absolute atomic E-state index is 13.4. The summed E-state index contributed by atoms with van der Waals surface area (Å²) >= 11 is 0. The minimum atomic E-state index is -0.168. The van der Waals surface area contributed by atoms with Crippen molar-refractivity contribution in [1.82, 2.24) is 9.99 Å². The lowest BCUT2D eigenvalue weighted by Gasteiger charge is -2.21. The molecule has 1 amide bonds. The summed E-state index contributed by atoms with van der Waals surface area (Å²) < 4.78 is 1.53. The molecule has 1 unspecified atom stereocenters. The van der Waals surface area contributed by atoms with E-state index in [0.29, 0.717) is 34.5 Å². The van der Waals surface area contributed by atoms with Gasteiger partial charge in [0.05, 0.1) is 17.3 Å². The first-order valence-corrected chi connectivity index (χ1v) is 10.7. The fraction of sp³-hybridized carbons (Fsp3) is 0.360. The zero-order valence-corrected chi connectivity index (χ0v) is 18.2. The summed E-state index contributed by atoms with van der Waals surface area (Å²) in [6, 6.07) is 17.2. The highest BCUT2D eigenvalue weighted by molar-refractivity contribution is 6.07. The predicted octanol–water partition coefficient (Wildman–Crippen LogP) is 4.78. The number of fused-ring (bicyclic) bond motifs is 1. The van der Waals surface area contributed by atoms with Gasteiger partial charge in [-0.25, -0.2) is 4.68 Å². The van der Waals surface area contributed by atoms with Gasteiger partial charge in [-0.1, -0.05) is 69.3 Å². The first-order chi connectivity index (χ1) is 14.4. The summed E-state index contributed by atoms with van der Waals surface area (Å²) in [6.45, 7) is 8.83. The van der Waals surface area contributed by atoms with E-state index in [1.807, 2.05) is 55.5 Å². The molecule has 0 saturated carbocycles. The van der Waals surface area contributed by atoms with E-state index in [-0.39, 0.29) is 17.5 Å². The van der Waals surface area contributed by atoms with Gasteiger partial charge in [0.15, 0.2) is 0 Å². The molecule has 3 rings (SSSR count). The number of rotatable bonds is 8. The van der Waals surface area contributed by atoms with Crippen molar-refractivity contribution in [2.24, 2.45) is 5.92 Å². The minimum Gasteiger partial charge on any atom is -0.345 e. The van der Waals surface area contributed by atoms with Crippen LogP contribution in [0.4, 0.5) is 0 Å². The zero-order chi connectivity index (χ0) is 21.7. The number of aromatic nitrogens is 1. The van der Waals surface area contributed by atoms with Gasteiger partial charge in [-0.3, -0.25) is 9.59 Å². The van der Waals surface area contributed by atoms with Crippen LogP contribution in [0.1, 0.15) is 61.3 Å². The van der Waals surface area contributed by atoms with Crippen molar-refractivity contribution in [2.45, 2.75) is 46.6 Å².